The number of sulfonamides is 1. The number of anilines is 2. The van der Waals surface area contributed by atoms with Gasteiger partial charge in [-0.2, -0.15) is 0 Å². The van der Waals surface area contributed by atoms with Crippen LogP contribution in [0.15, 0.2) is 41.3 Å². The Morgan fingerprint density at radius 3 is 2.46 bits per heavy atom. The maximum absolute atomic E-state index is 13.0. The maximum atomic E-state index is 13.0. The zero-order chi connectivity index (χ0) is 19.7. The molecule has 1 amide bonds. The third-order valence-electron chi connectivity index (χ3n) is 5.58. The average Bonchev–Trinajstić information content (AvgIpc) is 2.70. The topological polar surface area (TPSA) is 66.5 Å². The Kier molecular flexibility index (Phi) is 5.15. The number of hydrogen-bond acceptors (Lipinski definition) is 3. The Labute approximate surface area is 166 Å². The van der Waals surface area contributed by atoms with Crippen LogP contribution in [0, 0.1) is 0 Å². The van der Waals surface area contributed by atoms with Gasteiger partial charge in [0.05, 0.1) is 10.6 Å². The second-order valence-corrected chi connectivity index (χ2v) is 9.33. The van der Waals surface area contributed by atoms with Crippen molar-refractivity contribution in [1.29, 1.82) is 0 Å². The van der Waals surface area contributed by atoms with Gasteiger partial charge in [-0.05, 0) is 73.1 Å². The molecule has 2 aromatic rings. The Bertz CT molecular complexity index is 980. The molecule has 0 saturated heterocycles. The van der Waals surface area contributed by atoms with E-state index in [1.807, 2.05) is 29.2 Å². The highest BCUT2D eigenvalue weighted by molar-refractivity contribution is 7.92. The molecule has 148 valence electrons. The summed E-state index contributed by atoms with van der Waals surface area (Å²) in [6.45, 7) is 2.89. The average molecular weight is 399 g/mol. The van der Waals surface area contributed by atoms with Crippen molar-refractivity contribution in [3.63, 3.8) is 0 Å². The van der Waals surface area contributed by atoms with Crippen molar-refractivity contribution in [2.24, 2.45) is 0 Å². The summed E-state index contributed by atoms with van der Waals surface area (Å²) in [5, 5.41) is 0. The van der Waals surface area contributed by atoms with Crippen LogP contribution in [-0.4, -0.2) is 20.9 Å². The Morgan fingerprint density at radius 1 is 1.04 bits per heavy atom. The van der Waals surface area contributed by atoms with E-state index in [1.54, 1.807) is 12.1 Å². The summed E-state index contributed by atoms with van der Waals surface area (Å²) in [6, 6.07) is 11.1. The number of aryl methyl sites for hydroxylation is 3. The van der Waals surface area contributed by atoms with Crippen LogP contribution in [0.2, 0.25) is 0 Å². The molecule has 6 heteroatoms. The number of nitrogens with one attached hydrogen (secondary N) is 1. The summed E-state index contributed by atoms with van der Waals surface area (Å²) in [7, 11) is -3.67. The summed E-state index contributed by atoms with van der Waals surface area (Å²) in [4.78, 5) is 14.3. The number of benzene rings is 2. The van der Waals surface area contributed by atoms with Crippen molar-refractivity contribution in [2.75, 3.05) is 16.2 Å². The van der Waals surface area contributed by atoms with Crippen molar-refractivity contribution in [2.45, 2.75) is 56.8 Å². The van der Waals surface area contributed by atoms with E-state index in [0.717, 1.165) is 55.5 Å². The van der Waals surface area contributed by atoms with Gasteiger partial charge in [-0.25, -0.2) is 8.42 Å². The predicted octanol–water partition coefficient (Wildman–Crippen LogP) is 4.06. The van der Waals surface area contributed by atoms with Crippen molar-refractivity contribution in [3.05, 3.63) is 53.1 Å². The molecule has 2 aliphatic rings. The molecule has 0 spiro atoms. The van der Waals surface area contributed by atoms with Crippen LogP contribution in [0.1, 0.15) is 49.3 Å². The van der Waals surface area contributed by atoms with Gasteiger partial charge in [0.25, 0.3) is 10.0 Å². The molecule has 0 saturated carbocycles. The van der Waals surface area contributed by atoms with E-state index in [1.165, 1.54) is 5.56 Å². The van der Waals surface area contributed by atoms with E-state index in [0.29, 0.717) is 18.5 Å². The predicted molar refractivity (Wildman–Crippen MR) is 111 cm³/mol. The maximum Gasteiger partial charge on any atom is 0.261 e. The van der Waals surface area contributed by atoms with Gasteiger partial charge in [0.1, 0.15) is 0 Å². The van der Waals surface area contributed by atoms with E-state index in [4.69, 9.17) is 0 Å². The lowest BCUT2D eigenvalue weighted by atomic mass is 9.92. The molecule has 0 radical (unpaired) electrons. The minimum Gasteiger partial charge on any atom is -0.312 e. The highest BCUT2D eigenvalue weighted by atomic mass is 32.2. The standard InChI is InChI=1S/C22H26N2O3S/c1-2-3-5-16-7-10-19(11-8-16)23-28(26,27)20-14-17-6-4-13-24-21(25)12-9-18(15-20)22(17)24/h7-8,10-11,14-15,23H,2-6,9,12-13H2,1H3. The van der Waals surface area contributed by atoms with E-state index in [9.17, 15) is 13.2 Å². The van der Waals surface area contributed by atoms with Crippen LogP contribution in [0.25, 0.3) is 0 Å². The number of carbonyl (C=O) groups excluding carboxylic acids is 1. The molecule has 0 aromatic heterocycles. The Balaban J connectivity index is 1.61. The van der Waals surface area contributed by atoms with Gasteiger partial charge in [0.2, 0.25) is 5.91 Å². The van der Waals surface area contributed by atoms with Crippen molar-refractivity contribution in [3.8, 4) is 0 Å². The van der Waals surface area contributed by atoms with Gasteiger partial charge < -0.3 is 4.90 Å². The highest BCUT2D eigenvalue weighted by Gasteiger charge is 2.31. The van der Waals surface area contributed by atoms with Crippen molar-refractivity contribution >= 4 is 27.3 Å². The molecule has 1 N–H and O–H groups in total. The van der Waals surface area contributed by atoms with Gasteiger partial charge in [0, 0.05) is 18.7 Å². The summed E-state index contributed by atoms with van der Waals surface area (Å²) >= 11 is 0. The molecule has 2 aliphatic heterocycles. The molecule has 2 aromatic carbocycles. The van der Waals surface area contributed by atoms with E-state index in [-0.39, 0.29) is 10.8 Å². The largest absolute Gasteiger partial charge is 0.312 e. The zero-order valence-electron chi connectivity index (χ0n) is 16.2. The van der Waals surface area contributed by atoms with Gasteiger partial charge >= 0.3 is 0 Å². The van der Waals surface area contributed by atoms with Crippen LogP contribution in [0.5, 0.6) is 0 Å². The summed E-state index contributed by atoms with van der Waals surface area (Å²) < 4.78 is 28.7. The molecule has 0 bridgehead atoms. The first kappa shape index (κ1) is 19.0. The van der Waals surface area contributed by atoms with Gasteiger partial charge in [-0.1, -0.05) is 25.5 Å². The number of hydrogen-bond donors (Lipinski definition) is 1. The number of unbranched alkanes of at least 4 members (excludes halogenated alkanes) is 1. The Hall–Kier alpha value is -2.34. The molecule has 2 heterocycles. The zero-order valence-corrected chi connectivity index (χ0v) is 17.0. The first-order valence-corrected chi connectivity index (χ1v) is 11.5. The molecular weight excluding hydrogens is 372 g/mol. The van der Waals surface area contributed by atoms with Crippen LogP contribution >= 0.6 is 0 Å². The second-order valence-electron chi connectivity index (χ2n) is 7.65. The van der Waals surface area contributed by atoms with Crippen LogP contribution < -0.4 is 9.62 Å². The summed E-state index contributed by atoms with van der Waals surface area (Å²) in [5.41, 5.74) is 4.66. The Morgan fingerprint density at radius 2 is 1.75 bits per heavy atom. The smallest absolute Gasteiger partial charge is 0.261 e. The molecule has 0 aliphatic carbocycles. The van der Waals surface area contributed by atoms with Gasteiger partial charge in [-0.3, -0.25) is 9.52 Å². The molecule has 0 atom stereocenters. The number of amides is 1. The SMILES string of the molecule is CCCCc1ccc(NS(=O)(=O)c2cc3c4c(c2)CCC(=O)N4CCC3)cc1. The summed E-state index contributed by atoms with van der Waals surface area (Å²) in [6.07, 6.45) is 6.00. The van der Waals surface area contributed by atoms with Crippen LogP contribution in [-0.2, 0) is 34.1 Å². The lowest BCUT2D eigenvalue weighted by Gasteiger charge is -2.35. The van der Waals surface area contributed by atoms with Gasteiger partial charge in [0.15, 0.2) is 0 Å². The second kappa shape index (κ2) is 7.59. The number of carbonyl (C=O) groups is 1. The fourth-order valence-electron chi connectivity index (χ4n) is 4.11. The van der Waals surface area contributed by atoms with E-state index in [2.05, 4.69) is 11.6 Å². The number of nitrogens with zero attached hydrogens (tertiary/aromatic N) is 1. The van der Waals surface area contributed by atoms with E-state index < -0.39 is 10.0 Å². The van der Waals surface area contributed by atoms with Crippen molar-refractivity contribution in [1.82, 2.24) is 0 Å². The minimum absolute atomic E-state index is 0.144. The fourth-order valence-corrected chi connectivity index (χ4v) is 5.27. The molecule has 0 fully saturated rings. The minimum atomic E-state index is -3.67. The molecular formula is C22H26N2O3S. The normalized spacial score (nSPS) is 16.0. The summed E-state index contributed by atoms with van der Waals surface area (Å²) in [5.74, 6) is 0.144. The lowest BCUT2D eigenvalue weighted by Crippen LogP contribution is -2.39. The monoisotopic (exact) mass is 398 g/mol. The molecule has 28 heavy (non-hydrogen) atoms. The van der Waals surface area contributed by atoms with Crippen LogP contribution in [0.4, 0.5) is 11.4 Å². The third kappa shape index (κ3) is 3.65. The fraction of sp³-hybridized carbons (Fsp3) is 0.409. The molecule has 4 rings (SSSR count). The quantitative estimate of drug-likeness (QED) is 0.798. The molecule has 5 nitrogen and oxygen atoms in total. The third-order valence-corrected chi connectivity index (χ3v) is 6.94. The van der Waals surface area contributed by atoms with Crippen LogP contribution in [0.3, 0.4) is 0 Å². The molecule has 0 unspecified atom stereocenters. The number of rotatable bonds is 6. The first-order chi connectivity index (χ1) is 13.5. The highest BCUT2D eigenvalue weighted by Crippen LogP contribution is 2.37. The van der Waals surface area contributed by atoms with Crippen molar-refractivity contribution < 1.29 is 13.2 Å². The lowest BCUT2D eigenvalue weighted by molar-refractivity contribution is -0.119. The first-order valence-electron chi connectivity index (χ1n) is 10.1. The van der Waals surface area contributed by atoms with Gasteiger partial charge in [-0.15, -0.1) is 0 Å². The van der Waals surface area contributed by atoms with E-state index >= 15 is 0 Å².